The second-order valence-electron chi connectivity index (χ2n) is 8.91. The number of nitrogens with two attached hydrogens (primary N) is 2. The third kappa shape index (κ3) is 10.9. The van der Waals surface area contributed by atoms with E-state index in [-0.39, 0.29) is 32.1 Å². The van der Waals surface area contributed by atoms with E-state index in [0.29, 0.717) is 30.8 Å². The van der Waals surface area contributed by atoms with E-state index in [9.17, 15) is 29.1 Å². The summed E-state index contributed by atoms with van der Waals surface area (Å²) in [4.78, 5) is 75.1. The molecule has 11 N–H and O–H groups in total. The number of H-pyrrole nitrogens is 2. The number of nitrogens with zero attached hydrogens (tertiary/aromatic N) is 2. The highest BCUT2D eigenvalue weighted by atomic mass is 16.4. The quantitative estimate of drug-likeness (QED) is 0.0898. The van der Waals surface area contributed by atoms with Crippen molar-refractivity contribution in [2.45, 2.75) is 69.1 Å². The molecule has 0 aliphatic carbocycles. The molecule has 0 bridgehead atoms. The molecule has 4 unspecified atom stereocenters. The van der Waals surface area contributed by atoms with E-state index in [1.807, 2.05) is 0 Å². The van der Waals surface area contributed by atoms with Crippen molar-refractivity contribution < 1.29 is 34.2 Å². The van der Waals surface area contributed by atoms with Crippen LogP contribution in [0.15, 0.2) is 25.0 Å². The van der Waals surface area contributed by atoms with Gasteiger partial charge in [-0.25, -0.2) is 14.8 Å². The van der Waals surface area contributed by atoms with Gasteiger partial charge in [0.25, 0.3) is 0 Å². The molecule has 16 heteroatoms. The van der Waals surface area contributed by atoms with Crippen LogP contribution < -0.4 is 27.4 Å². The van der Waals surface area contributed by atoms with Crippen LogP contribution in [0.2, 0.25) is 0 Å². The summed E-state index contributed by atoms with van der Waals surface area (Å²) in [6.45, 7) is 0.377. The molecular formula is C23H35N9O7. The molecule has 2 aromatic rings. The number of aliphatic carboxylic acids is 2. The number of hydrogen-bond acceptors (Lipinski definition) is 9. The predicted octanol–water partition coefficient (Wildman–Crippen LogP) is -2.22. The Balaban J connectivity index is 2.20. The van der Waals surface area contributed by atoms with E-state index >= 15 is 0 Å². The Morgan fingerprint density at radius 3 is 1.74 bits per heavy atom. The largest absolute Gasteiger partial charge is 0.481 e. The Bertz CT molecular complexity index is 1080. The number of rotatable bonds is 18. The lowest BCUT2D eigenvalue weighted by molar-refractivity contribution is -0.142. The van der Waals surface area contributed by atoms with E-state index < -0.39 is 53.8 Å². The molecule has 2 heterocycles. The maximum absolute atomic E-state index is 13.3. The van der Waals surface area contributed by atoms with Crippen molar-refractivity contribution in [3.8, 4) is 0 Å². The van der Waals surface area contributed by atoms with Gasteiger partial charge in [0.05, 0.1) is 18.7 Å². The molecule has 0 aromatic carbocycles. The maximum Gasteiger partial charge on any atom is 0.326 e. The molecule has 214 valence electrons. The van der Waals surface area contributed by atoms with Gasteiger partial charge in [-0.2, -0.15) is 0 Å². The normalized spacial score (nSPS) is 14.0. The van der Waals surface area contributed by atoms with Crippen molar-refractivity contribution >= 4 is 29.7 Å². The zero-order valence-electron chi connectivity index (χ0n) is 21.3. The SMILES string of the molecule is NCCCCC(NC(=O)C(Cc1cnc[nH]1)NC(=O)C(Cc1cnc[nH]1)NC(=O)C(N)CCC(=O)O)C(=O)O. The van der Waals surface area contributed by atoms with E-state index in [4.69, 9.17) is 16.6 Å². The topological polar surface area (TPSA) is 271 Å². The van der Waals surface area contributed by atoms with Crippen LogP contribution in [-0.4, -0.2) is 90.5 Å². The molecule has 0 aliphatic heterocycles. The second kappa shape index (κ2) is 15.8. The molecule has 0 aliphatic rings. The average Bonchev–Trinajstić information content (AvgIpc) is 3.60. The summed E-state index contributed by atoms with van der Waals surface area (Å²) in [5.41, 5.74) is 12.3. The number of aromatic amines is 2. The summed E-state index contributed by atoms with van der Waals surface area (Å²) in [7, 11) is 0. The summed E-state index contributed by atoms with van der Waals surface area (Å²) in [6, 6.07) is -4.83. The maximum atomic E-state index is 13.3. The number of carboxylic acids is 2. The molecular weight excluding hydrogens is 514 g/mol. The van der Waals surface area contributed by atoms with Crippen LogP contribution in [0.5, 0.6) is 0 Å². The fourth-order valence-electron chi connectivity index (χ4n) is 3.63. The number of aromatic nitrogens is 4. The van der Waals surface area contributed by atoms with Crippen LogP contribution in [0.4, 0.5) is 0 Å². The van der Waals surface area contributed by atoms with Gasteiger partial charge in [-0.3, -0.25) is 19.2 Å². The molecule has 39 heavy (non-hydrogen) atoms. The third-order valence-corrected chi connectivity index (χ3v) is 5.79. The first-order valence-electron chi connectivity index (χ1n) is 12.4. The van der Waals surface area contributed by atoms with Crippen molar-refractivity contribution in [1.29, 1.82) is 0 Å². The van der Waals surface area contributed by atoms with Gasteiger partial charge < -0.3 is 47.6 Å². The number of nitrogens with one attached hydrogen (secondary N) is 5. The van der Waals surface area contributed by atoms with E-state index in [1.165, 1.54) is 25.0 Å². The molecule has 0 fully saturated rings. The second-order valence-corrected chi connectivity index (χ2v) is 8.91. The molecule has 3 amide bonds. The molecule has 2 aromatic heterocycles. The van der Waals surface area contributed by atoms with Crippen molar-refractivity contribution in [3.05, 3.63) is 36.4 Å². The average molecular weight is 550 g/mol. The third-order valence-electron chi connectivity index (χ3n) is 5.79. The predicted molar refractivity (Wildman–Crippen MR) is 136 cm³/mol. The summed E-state index contributed by atoms with van der Waals surface area (Å²) in [5.74, 6) is -4.61. The van der Waals surface area contributed by atoms with Gasteiger partial charge >= 0.3 is 11.9 Å². The first kappa shape index (κ1) is 30.9. The Morgan fingerprint density at radius 1 is 0.795 bits per heavy atom. The van der Waals surface area contributed by atoms with Crippen LogP contribution in [-0.2, 0) is 36.8 Å². The lowest BCUT2D eigenvalue weighted by Crippen LogP contribution is -2.58. The highest BCUT2D eigenvalue weighted by Gasteiger charge is 2.31. The lowest BCUT2D eigenvalue weighted by atomic mass is 10.1. The van der Waals surface area contributed by atoms with Gasteiger partial charge in [-0.05, 0) is 32.2 Å². The van der Waals surface area contributed by atoms with Gasteiger partial charge in [0.1, 0.15) is 18.1 Å². The fraction of sp³-hybridized carbons (Fsp3) is 0.522. The minimum absolute atomic E-state index is 0.0432. The number of imidazole rings is 2. The number of carboxylic acid groups (broad SMARTS) is 2. The van der Waals surface area contributed by atoms with E-state index in [0.717, 1.165) is 0 Å². The van der Waals surface area contributed by atoms with Gasteiger partial charge in [0.2, 0.25) is 17.7 Å². The lowest BCUT2D eigenvalue weighted by Gasteiger charge is -2.25. The number of carbonyl (C=O) groups excluding carboxylic acids is 3. The first-order valence-corrected chi connectivity index (χ1v) is 12.4. The molecule has 2 rings (SSSR count). The summed E-state index contributed by atoms with van der Waals surface area (Å²) >= 11 is 0. The Kier molecular flexibility index (Phi) is 12.5. The van der Waals surface area contributed by atoms with Crippen LogP contribution >= 0.6 is 0 Å². The van der Waals surface area contributed by atoms with Crippen LogP contribution in [0.1, 0.15) is 43.5 Å². The number of unbranched alkanes of at least 4 members (excludes halogenated alkanes) is 1. The molecule has 4 atom stereocenters. The number of hydrogen-bond donors (Lipinski definition) is 9. The van der Waals surface area contributed by atoms with Crippen molar-refractivity contribution in [2.75, 3.05) is 6.54 Å². The summed E-state index contributed by atoms with van der Waals surface area (Å²) in [5, 5.41) is 25.9. The number of amides is 3. The first-order chi connectivity index (χ1) is 18.6. The fourth-order valence-corrected chi connectivity index (χ4v) is 3.63. The highest BCUT2D eigenvalue weighted by molar-refractivity contribution is 5.94. The zero-order chi connectivity index (χ0) is 28.8. The Morgan fingerprint density at radius 2 is 1.31 bits per heavy atom. The molecule has 0 saturated heterocycles. The Hall–Kier alpha value is -4.31. The van der Waals surface area contributed by atoms with E-state index in [1.54, 1.807) is 0 Å². The van der Waals surface area contributed by atoms with Crippen molar-refractivity contribution in [1.82, 2.24) is 35.9 Å². The van der Waals surface area contributed by atoms with Gasteiger partial charge in [0, 0.05) is 43.0 Å². The molecule has 16 nitrogen and oxygen atoms in total. The van der Waals surface area contributed by atoms with Crippen LogP contribution in [0.25, 0.3) is 0 Å². The van der Waals surface area contributed by atoms with Gasteiger partial charge in [-0.15, -0.1) is 0 Å². The van der Waals surface area contributed by atoms with Crippen LogP contribution in [0, 0.1) is 0 Å². The minimum atomic E-state index is -1.23. The van der Waals surface area contributed by atoms with Crippen molar-refractivity contribution in [2.24, 2.45) is 11.5 Å². The summed E-state index contributed by atoms with van der Waals surface area (Å²) in [6.07, 6.45) is 6.30. The van der Waals surface area contributed by atoms with Gasteiger partial charge in [0.15, 0.2) is 0 Å². The number of carbonyl (C=O) groups is 5. The monoisotopic (exact) mass is 549 g/mol. The Labute approximate surface area is 223 Å². The van der Waals surface area contributed by atoms with Crippen LogP contribution in [0.3, 0.4) is 0 Å². The molecule has 0 spiro atoms. The molecule has 0 saturated carbocycles. The standard InChI is InChI=1S/C23H35N9O7/c24-6-2-1-3-16(23(38)39)30-21(36)18(8-14-10-27-12-29-14)32-22(37)17(7-13-9-26-11-28-13)31-20(35)15(25)4-5-19(33)34/h9-12,15-18H,1-8,24-25H2,(H,26,28)(H,27,29)(H,30,36)(H,31,35)(H,32,37)(H,33,34)(H,38,39). The van der Waals surface area contributed by atoms with Crippen molar-refractivity contribution in [3.63, 3.8) is 0 Å². The van der Waals surface area contributed by atoms with Gasteiger partial charge in [-0.1, -0.05) is 0 Å². The zero-order valence-corrected chi connectivity index (χ0v) is 21.3. The summed E-state index contributed by atoms with van der Waals surface area (Å²) < 4.78 is 0. The highest BCUT2D eigenvalue weighted by Crippen LogP contribution is 2.07. The minimum Gasteiger partial charge on any atom is -0.481 e. The molecule has 0 radical (unpaired) electrons. The van der Waals surface area contributed by atoms with E-state index in [2.05, 4.69) is 35.9 Å². The smallest absolute Gasteiger partial charge is 0.326 e.